The lowest BCUT2D eigenvalue weighted by molar-refractivity contribution is 0.493. The SMILES string of the molecule is Fc1cccc(F)c1N1c2cc3c(cc2B2c4ccccc4Oc4c2c1c1c2ccccc2n2c5ccccc5c4c12)B1c2cc4c(cc2N(c2c(F)cccc2F)c2c1c(c1c5ccccc5n5c6ccccc6c2c15)N3c1c(F)cccc1F)N(c1c(F)cccc1F)c1c2c(c3c5ccccc5n5c6ccccc6c1c35)N(c1ccccc1)c1ccccc1B42. The van der Waals surface area contributed by atoms with Crippen LogP contribution in [0.4, 0.5) is 120 Å². The predicted octanol–water partition coefficient (Wildman–Crippen LogP) is 22.8. The van der Waals surface area contributed by atoms with Gasteiger partial charge in [0.25, 0.3) is 20.1 Å². The lowest BCUT2D eigenvalue weighted by Gasteiger charge is -2.48. The van der Waals surface area contributed by atoms with Gasteiger partial charge in [0.2, 0.25) is 0 Å². The second kappa shape index (κ2) is 24.0. The fourth-order valence-corrected chi connectivity index (χ4v) is 24.3. The average molecular weight is 1660 g/mol. The van der Waals surface area contributed by atoms with Crippen molar-refractivity contribution in [2.75, 3.05) is 24.5 Å². The van der Waals surface area contributed by atoms with E-state index in [1.807, 2.05) is 182 Å². The zero-order valence-corrected chi connectivity index (χ0v) is 66.8. The number of ether oxygens (including phenoxy) is 1. The van der Waals surface area contributed by atoms with Crippen molar-refractivity contribution < 1.29 is 39.9 Å². The van der Waals surface area contributed by atoms with Gasteiger partial charge in [-0.2, -0.15) is 0 Å². The van der Waals surface area contributed by atoms with E-state index in [9.17, 15) is 0 Å². The Labute approximate surface area is 721 Å². The zero-order valence-electron chi connectivity index (χ0n) is 66.8. The van der Waals surface area contributed by atoms with Crippen molar-refractivity contribution >= 4 is 269 Å². The summed E-state index contributed by atoms with van der Waals surface area (Å²) in [6, 6.07) is 97.1. The molecule has 30 rings (SSSR count). The number of hydrogen-bond donors (Lipinski definition) is 0. The van der Waals surface area contributed by atoms with Gasteiger partial charge in [0.05, 0.1) is 83.5 Å². The summed E-state index contributed by atoms with van der Waals surface area (Å²) in [6.45, 7) is -2.94. The van der Waals surface area contributed by atoms with Crippen molar-refractivity contribution in [3.05, 3.63) is 368 Å². The first kappa shape index (κ1) is 69.2. The maximum Gasteiger partial charge on any atom is 0.256 e. The second-order valence-electron chi connectivity index (χ2n) is 34.4. The van der Waals surface area contributed by atoms with Gasteiger partial charge >= 0.3 is 0 Å². The molecule has 0 saturated heterocycles. The molecule has 0 aliphatic carbocycles. The molecule has 9 nitrogen and oxygen atoms in total. The number of rotatable bonds is 5. The van der Waals surface area contributed by atoms with E-state index in [1.165, 1.54) is 72.8 Å². The predicted molar refractivity (Wildman–Crippen MR) is 504 cm³/mol. The molecule has 0 spiro atoms. The number of aromatic nitrogens is 3. The Morgan fingerprint density at radius 2 is 0.477 bits per heavy atom. The van der Waals surface area contributed by atoms with E-state index in [1.54, 1.807) is 19.6 Å². The Bertz CT molecular complexity index is 9130. The summed E-state index contributed by atoms with van der Waals surface area (Å²) in [5, 5.41) is 8.72. The molecule has 596 valence electrons. The van der Waals surface area contributed by atoms with E-state index in [2.05, 4.69) is 84.8 Å². The molecule has 20 heteroatoms. The Morgan fingerprint density at radius 1 is 0.203 bits per heavy atom. The first-order valence-corrected chi connectivity index (χ1v) is 42.7. The first-order chi connectivity index (χ1) is 63.0. The van der Waals surface area contributed by atoms with E-state index >= 15 is 35.1 Å². The highest BCUT2D eigenvalue weighted by molar-refractivity contribution is 7.05. The second-order valence-corrected chi connectivity index (χ2v) is 34.4. The average Bonchev–Trinajstić information content (AvgIpc) is 1.39. The molecule has 6 aliphatic heterocycles. The molecule has 6 aliphatic rings. The lowest BCUT2D eigenvalue weighted by atomic mass is 9.29. The molecule has 24 aromatic rings. The maximum atomic E-state index is 19.1. The number of anilines is 15. The maximum absolute atomic E-state index is 19.1. The van der Waals surface area contributed by atoms with Gasteiger partial charge in [-0.25, -0.2) is 35.1 Å². The molecule has 18 aromatic carbocycles. The highest BCUT2D eigenvalue weighted by Crippen LogP contribution is 2.62. The normalized spacial score (nSPS) is 14.0. The van der Waals surface area contributed by atoms with Gasteiger partial charge in [-0.15, -0.1) is 0 Å². The molecule has 0 saturated carbocycles. The minimum absolute atomic E-state index is 0.176. The fourth-order valence-electron chi connectivity index (χ4n) is 24.3. The van der Waals surface area contributed by atoms with Gasteiger partial charge in [-0.05, 0) is 170 Å². The smallest absolute Gasteiger partial charge is 0.256 e. The van der Waals surface area contributed by atoms with Crippen LogP contribution in [0.5, 0.6) is 11.5 Å². The molecule has 0 N–H and O–H groups in total. The highest BCUT2D eigenvalue weighted by atomic mass is 19.2. The van der Waals surface area contributed by atoms with E-state index < -0.39 is 89.4 Å². The van der Waals surface area contributed by atoms with Crippen LogP contribution in [0.3, 0.4) is 0 Å². The van der Waals surface area contributed by atoms with Gasteiger partial charge in [0, 0.05) is 93.4 Å². The largest absolute Gasteiger partial charge is 0.458 e. The van der Waals surface area contributed by atoms with Crippen LogP contribution < -0.4 is 78.4 Å². The summed E-state index contributed by atoms with van der Waals surface area (Å²) < 4.78 is 165. The van der Waals surface area contributed by atoms with Gasteiger partial charge < -0.3 is 42.4 Å². The van der Waals surface area contributed by atoms with Crippen molar-refractivity contribution in [1.29, 1.82) is 0 Å². The molecular formula is C108H53B3F8N8O. The van der Waals surface area contributed by atoms with Gasteiger partial charge in [0.1, 0.15) is 80.8 Å². The van der Waals surface area contributed by atoms with Crippen molar-refractivity contribution in [3.63, 3.8) is 0 Å². The third-order valence-electron chi connectivity index (χ3n) is 28.6. The molecule has 0 radical (unpaired) electrons. The number of nitrogens with zero attached hydrogens (tertiary/aromatic N) is 8. The zero-order chi connectivity index (χ0) is 84.3. The fraction of sp³-hybridized carbons (Fsp3) is 0. The van der Waals surface area contributed by atoms with Crippen LogP contribution in [-0.4, -0.2) is 33.3 Å². The number of para-hydroxylation sites is 13. The molecule has 0 atom stereocenters. The van der Waals surface area contributed by atoms with E-state index in [-0.39, 0.29) is 34.1 Å². The Balaban J connectivity index is 0.833. The van der Waals surface area contributed by atoms with Crippen LogP contribution in [-0.2, 0) is 0 Å². The van der Waals surface area contributed by atoms with E-state index in [4.69, 9.17) is 4.74 Å². The molecule has 0 amide bonds. The van der Waals surface area contributed by atoms with Crippen LogP contribution in [0, 0.1) is 46.5 Å². The number of hydrogen-bond acceptors (Lipinski definition) is 6. The van der Waals surface area contributed by atoms with Crippen LogP contribution in [0.15, 0.2) is 322 Å². The third-order valence-corrected chi connectivity index (χ3v) is 28.6. The number of benzene rings is 18. The first-order valence-electron chi connectivity index (χ1n) is 42.7. The quantitative estimate of drug-likeness (QED) is 0.126. The summed E-state index contributed by atoms with van der Waals surface area (Å²) in [5.74, 6) is -6.58. The number of fused-ring (bicyclic) bond motifs is 36. The van der Waals surface area contributed by atoms with Crippen molar-refractivity contribution in [3.8, 4) is 11.5 Å². The summed E-state index contributed by atoms with van der Waals surface area (Å²) in [7, 11) is 0. The third kappa shape index (κ3) is 8.13. The highest BCUT2D eigenvalue weighted by Gasteiger charge is 2.55. The minimum Gasteiger partial charge on any atom is -0.458 e. The Kier molecular flexibility index (Phi) is 13.0. The van der Waals surface area contributed by atoms with Crippen LogP contribution >= 0.6 is 0 Å². The lowest BCUT2D eigenvalue weighted by Crippen LogP contribution is -2.66. The van der Waals surface area contributed by atoms with Crippen molar-refractivity contribution in [1.82, 2.24) is 13.2 Å². The van der Waals surface area contributed by atoms with Gasteiger partial charge in [0.15, 0.2) is 0 Å². The van der Waals surface area contributed by atoms with E-state index in [0.717, 1.165) is 87.9 Å². The molecule has 0 bridgehead atoms. The van der Waals surface area contributed by atoms with Crippen LogP contribution in [0.1, 0.15) is 0 Å². The minimum atomic E-state index is -1.21. The van der Waals surface area contributed by atoms with Crippen molar-refractivity contribution in [2.24, 2.45) is 0 Å². The van der Waals surface area contributed by atoms with Crippen LogP contribution in [0.25, 0.3) is 114 Å². The summed E-state index contributed by atoms with van der Waals surface area (Å²) in [6.07, 6.45) is 0. The molecule has 6 aromatic heterocycles. The monoisotopic (exact) mass is 1660 g/mol. The van der Waals surface area contributed by atoms with Crippen LogP contribution in [0.2, 0.25) is 0 Å². The molecular weight excluding hydrogens is 1610 g/mol. The van der Waals surface area contributed by atoms with Gasteiger partial charge in [-0.1, -0.05) is 200 Å². The van der Waals surface area contributed by atoms with Gasteiger partial charge in [-0.3, -0.25) is 0 Å². The molecule has 128 heavy (non-hydrogen) atoms. The summed E-state index contributed by atoms with van der Waals surface area (Å²) >= 11 is 0. The topological polar surface area (TPSA) is 38.7 Å². The Hall–Kier alpha value is -16.2. The van der Waals surface area contributed by atoms with E-state index in [0.29, 0.717) is 115 Å². The number of halogens is 8. The summed E-state index contributed by atoms with van der Waals surface area (Å²) in [4.78, 5) is 8.89. The molecule has 12 heterocycles. The molecule has 0 unspecified atom stereocenters. The Morgan fingerprint density at radius 3 is 0.844 bits per heavy atom. The summed E-state index contributed by atoms with van der Waals surface area (Å²) in [5.41, 5.74) is 14.6. The molecule has 0 fully saturated rings. The van der Waals surface area contributed by atoms with Crippen molar-refractivity contribution in [2.45, 2.75) is 0 Å². The standard InChI is InChI=1S/C108H53B3F8N8O/c112-67-34-20-35-68(113)96(67)124-82-52-84-65(50-63(82)109-61-32-10-18-48-81(61)120(54-24-2-1-3-25-54)103-87-55-26-4-12-42-75(55)121-76-43-13-5-27-56(76)88(100(87)121)104(124)93(103)109)111-66-51-64-83(127(99-73(118)40-23-41-74(99)119)107-91-59-30-8-16-46-79(59)123-80-47-17-9-31-60(80)92(102(91)123)108-95(107)110(64)62-33-11-19-49-86(62)128-108)53-85(66)126(98-71(116)38-22-39-72(98)117)106-90-58-29-7-15-45-78(58)122-77-44-14-6-28-57(77)89(101(90)122)105(94(106)111)125(84)97-69(114)36-21-37-70(97)115/h1-53H.